The van der Waals surface area contributed by atoms with Crippen molar-refractivity contribution < 1.29 is 9.53 Å². The molecule has 0 heterocycles. The highest BCUT2D eigenvalue weighted by Crippen LogP contribution is 2.15. The molecule has 0 bridgehead atoms. The number of rotatable bonds is 16. The molecular formula is C19H37BrO2. The van der Waals surface area contributed by atoms with Crippen molar-refractivity contribution in [3.8, 4) is 0 Å². The SMILES string of the molecule is CCCCCCCCCCCCCCCCC(Br)C(=O)OC. The van der Waals surface area contributed by atoms with Crippen molar-refractivity contribution in [3.05, 3.63) is 0 Å². The highest BCUT2D eigenvalue weighted by atomic mass is 79.9. The Hall–Kier alpha value is -0.0500. The van der Waals surface area contributed by atoms with Gasteiger partial charge in [-0.15, -0.1) is 0 Å². The molecule has 0 rings (SSSR count). The molecule has 1 unspecified atom stereocenters. The Kier molecular flexibility index (Phi) is 17.3. The maximum atomic E-state index is 11.2. The van der Waals surface area contributed by atoms with E-state index in [0.717, 1.165) is 12.8 Å². The van der Waals surface area contributed by atoms with Crippen LogP contribution in [-0.2, 0) is 9.53 Å². The molecule has 0 radical (unpaired) electrons. The number of alkyl halides is 1. The first-order chi connectivity index (χ1) is 10.7. The van der Waals surface area contributed by atoms with Gasteiger partial charge in [0.15, 0.2) is 0 Å². The largest absolute Gasteiger partial charge is 0.468 e. The van der Waals surface area contributed by atoms with E-state index in [9.17, 15) is 4.79 Å². The zero-order valence-corrected chi connectivity index (χ0v) is 16.5. The third kappa shape index (κ3) is 14.9. The zero-order chi connectivity index (χ0) is 16.5. The molecule has 0 aromatic rings. The number of methoxy groups -OCH3 is 1. The maximum Gasteiger partial charge on any atom is 0.319 e. The van der Waals surface area contributed by atoms with Crippen molar-refractivity contribution in [1.29, 1.82) is 0 Å². The van der Waals surface area contributed by atoms with Gasteiger partial charge < -0.3 is 4.74 Å². The Labute approximate surface area is 146 Å². The molecule has 132 valence electrons. The molecule has 2 nitrogen and oxygen atoms in total. The predicted octanol–water partition coefficient (Wildman–Crippen LogP) is 6.79. The normalized spacial score (nSPS) is 12.3. The topological polar surface area (TPSA) is 26.3 Å². The van der Waals surface area contributed by atoms with E-state index in [1.165, 1.54) is 90.6 Å². The molecular weight excluding hydrogens is 340 g/mol. The van der Waals surface area contributed by atoms with Crippen LogP contribution >= 0.6 is 15.9 Å². The summed E-state index contributed by atoms with van der Waals surface area (Å²) in [5.41, 5.74) is 0. The fraction of sp³-hybridized carbons (Fsp3) is 0.947. The van der Waals surface area contributed by atoms with E-state index in [1.54, 1.807) is 0 Å². The first kappa shape index (κ1) is 21.9. The van der Waals surface area contributed by atoms with E-state index >= 15 is 0 Å². The summed E-state index contributed by atoms with van der Waals surface area (Å²) in [6, 6.07) is 0. The van der Waals surface area contributed by atoms with Crippen LogP contribution in [0.3, 0.4) is 0 Å². The molecule has 0 spiro atoms. The Morgan fingerprint density at radius 3 is 1.50 bits per heavy atom. The second-order valence-corrected chi connectivity index (χ2v) is 7.48. The number of carbonyl (C=O) groups excluding carboxylic acids is 1. The third-order valence-corrected chi connectivity index (χ3v) is 5.10. The predicted molar refractivity (Wildman–Crippen MR) is 99.7 cm³/mol. The Morgan fingerprint density at radius 2 is 1.14 bits per heavy atom. The second-order valence-electron chi connectivity index (χ2n) is 6.38. The lowest BCUT2D eigenvalue weighted by Crippen LogP contribution is -2.15. The summed E-state index contributed by atoms with van der Waals surface area (Å²) < 4.78 is 4.70. The van der Waals surface area contributed by atoms with Crippen molar-refractivity contribution in [2.24, 2.45) is 0 Å². The van der Waals surface area contributed by atoms with Gasteiger partial charge in [0.1, 0.15) is 4.83 Å². The third-order valence-electron chi connectivity index (χ3n) is 4.27. The van der Waals surface area contributed by atoms with Crippen molar-refractivity contribution in [2.45, 2.75) is 108 Å². The number of ether oxygens (including phenoxy) is 1. The van der Waals surface area contributed by atoms with Crippen LogP contribution in [0.25, 0.3) is 0 Å². The van der Waals surface area contributed by atoms with Crippen molar-refractivity contribution in [1.82, 2.24) is 0 Å². The second kappa shape index (κ2) is 17.3. The summed E-state index contributed by atoms with van der Waals surface area (Å²) in [7, 11) is 1.45. The van der Waals surface area contributed by atoms with Gasteiger partial charge in [0.25, 0.3) is 0 Å². The quantitative estimate of drug-likeness (QED) is 0.168. The van der Waals surface area contributed by atoms with Crippen LogP contribution in [0.15, 0.2) is 0 Å². The summed E-state index contributed by atoms with van der Waals surface area (Å²) in [5, 5.41) is 0. The lowest BCUT2D eigenvalue weighted by molar-refractivity contribution is -0.139. The highest BCUT2D eigenvalue weighted by Gasteiger charge is 2.13. The van der Waals surface area contributed by atoms with E-state index in [4.69, 9.17) is 4.74 Å². The lowest BCUT2D eigenvalue weighted by Gasteiger charge is -2.07. The summed E-state index contributed by atoms with van der Waals surface area (Å²) in [6.45, 7) is 2.28. The standard InChI is InChI=1S/C19H37BrO2/c1-3-4-5-6-7-8-9-10-11-12-13-14-15-16-17-18(20)19(21)22-2/h18H,3-17H2,1-2H3. The van der Waals surface area contributed by atoms with Gasteiger partial charge in [-0.2, -0.15) is 0 Å². The summed E-state index contributed by atoms with van der Waals surface area (Å²) in [5.74, 6) is -0.144. The van der Waals surface area contributed by atoms with Crippen LogP contribution in [0.2, 0.25) is 0 Å². The minimum atomic E-state index is -0.144. The van der Waals surface area contributed by atoms with E-state index < -0.39 is 0 Å². The number of carbonyl (C=O) groups is 1. The molecule has 0 fully saturated rings. The Morgan fingerprint density at radius 1 is 0.773 bits per heavy atom. The van der Waals surface area contributed by atoms with Gasteiger partial charge in [0.2, 0.25) is 0 Å². The van der Waals surface area contributed by atoms with Crippen LogP contribution in [0.1, 0.15) is 103 Å². The molecule has 0 aromatic carbocycles. The average Bonchev–Trinajstić information content (AvgIpc) is 2.54. The van der Waals surface area contributed by atoms with E-state index in [2.05, 4.69) is 22.9 Å². The lowest BCUT2D eigenvalue weighted by atomic mass is 10.0. The Balaban J connectivity index is 3.10. The minimum Gasteiger partial charge on any atom is -0.468 e. The molecule has 0 saturated heterocycles. The number of esters is 1. The van der Waals surface area contributed by atoms with Crippen LogP contribution in [-0.4, -0.2) is 17.9 Å². The molecule has 3 heteroatoms. The van der Waals surface area contributed by atoms with Gasteiger partial charge in [0.05, 0.1) is 7.11 Å². The van der Waals surface area contributed by atoms with Crippen molar-refractivity contribution >= 4 is 21.9 Å². The van der Waals surface area contributed by atoms with Crippen molar-refractivity contribution in [2.75, 3.05) is 7.11 Å². The van der Waals surface area contributed by atoms with Gasteiger partial charge in [-0.1, -0.05) is 113 Å². The summed E-state index contributed by atoms with van der Waals surface area (Å²) in [6.07, 6.45) is 20.0. The fourth-order valence-electron chi connectivity index (χ4n) is 2.76. The first-order valence-electron chi connectivity index (χ1n) is 9.44. The van der Waals surface area contributed by atoms with Crippen LogP contribution < -0.4 is 0 Å². The molecule has 0 aliphatic carbocycles. The summed E-state index contributed by atoms with van der Waals surface area (Å²) >= 11 is 3.37. The van der Waals surface area contributed by atoms with Crippen molar-refractivity contribution in [3.63, 3.8) is 0 Å². The van der Waals surface area contributed by atoms with Crippen LogP contribution in [0.5, 0.6) is 0 Å². The molecule has 0 N–H and O–H groups in total. The van der Waals surface area contributed by atoms with Gasteiger partial charge in [-0.3, -0.25) is 4.79 Å². The average molecular weight is 377 g/mol. The molecule has 0 aliphatic rings. The number of hydrogen-bond donors (Lipinski definition) is 0. The molecule has 22 heavy (non-hydrogen) atoms. The molecule has 1 atom stereocenters. The van der Waals surface area contributed by atoms with E-state index in [-0.39, 0.29) is 10.8 Å². The first-order valence-corrected chi connectivity index (χ1v) is 10.4. The number of hydrogen-bond acceptors (Lipinski definition) is 2. The molecule has 0 amide bonds. The van der Waals surface area contributed by atoms with E-state index in [0.29, 0.717) is 0 Å². The number of halogens is 1. The highest BCUT2D eigenvalue weighted by molar-refractivity contribution is 9.10. The smallest absolute Gasteiger partial charge is 0.319 e. The maximum absolute atomic E-state index is 11.2. The van der Waals surface area contributed by atoms with Gasteiger partial charge >= 0.3 is 5.97 Å². The monoisotopic (exact) mass is 376 g/mol. The molecule has 0 aliphatic heterocycles. The van der Waals surface area contributed by atoms with Gasteiger partial charge in [-0.05, 0) is 6.42 Å². The van der Waals surface area contributed by atoms with Crippen LogP contribution in [0.4, 0.5) is 0 Å². The Bertz CT molecular complexity index is 244. The van der Waals surface area contributed by atoms with E-state index in [1.807, 2.05) is 0 Å². The molecule has 0 aromatic heterocycles. The zero-order valence-electron chi connectivity index (χ0n) is 14.9. The van der Waals surface area contributed by atoms with Gasteiger partial charge in [-0.25, -0.2) is 0 Å². The summed E-state index contributed by atoms with van der Waals surface area (Å²) in [4.78, 5) is 11.1. The minimum absolute atomic E-state index is 0.116. The fourth-order valence-corrected chi connectivity index (χ4v) is 3.27. The number of unbranched alkanes of at least 4 members (excludes halogenated alkanes) is 13. The molecule has 0 saturated carbocycles. The van der Waals surface area contributed by atoms with Gasteiger partial charge in [0, 0.05) is 0 Å². The van der Waals surface area contributed by atoms with Crippen LogP contribution in [0, 0.1) is 0 Å².